The van der Waals surface area contributed by atoms with Crippen molar-refractivity contribution in [2.24, 2.45) is 11.8 Å². The Morgan fingerprint density at radius 3 is 2.62 bits per heavy atom. The van der Waals surface area contributed by atoms with Crippen molar-refractivity contribution in [3.05, 3.63) is 30.1 Å². The summed E-state index contributed by atoms with van der Waals surface area (Å²) in [5, 5.41) is 6.06. The third-order valence-electron chi connectivity index (χ3n) is 4.37. The van der Waals surface area contributed by atoms with Crippen LogP contribution >= 0.6 is 12.4 Å². The van der Waals surface area contributed by atoms with Crippen LogP contribution in [0.3, 0.4) is 0 Å². The summed E-state index contributed by atoms with van der Waals surface area (Å²) in [5.74, 6) is -0.963. The first kappa shape index (κ1) is 22.8. The Morgan fingerprint density at radius 2 is 2.04 bits per heavy atom. The van der Waals surface area contributed by atoms with E-state index in [9.17, 15) is 17.6 Å². The molecule has 1 amide bonds. The van der Waals surface area contributed by atoms with E-state index in [1.54, 1.807) is 13.8 Å². The van der Waals surface area contributed by atoms with Gasteiger partial charge >= 0.3 is 0 Å². The highest BCUT2D eigenvalue weighted by Gasteiger charge is 2.29. The van der Waals surface area contributed by atoms with Crippen molar-refractivity contribution in [2.75, 3.05) is 19.6 Å². The predicted molar refractivity (Wildman–Crippen MR) is 101 cm³/mol. The van der Waals surface area contributed by atoms with Crippen LogP contribution in [0.25, 0.3) is 0 Å². The molecule has 2 atom stereocenters. The van der Waals surface area contributed by atoms with E-state index in [4.69, 9.17) is 0 Å². The molecule has 0 aliphatic carbocycles. The molecule has 0 radical (unpaired) electrons. The molecule has 3 N–H and O–H groups in total. The Hall–Kier alpha value is -1.22. The minimum Gasteiger partial charge on any atom is -0.355 e. The Morgan fingerprint density at radius 1 is 1.35 bits per heavy atom. The van der Waals surface area contributed by atoms with E-state index < -0.39 is 26.8 Å². The molecular formula is C17H27ClFN3O3S. The van der Waals surface area contributed by atoms with Crippen LogP contribution in [-0.2, 0) is 14.8 Å². The standard InChI is InChI=1S/C17H26FN3O3S.ClH/c1-12(2)16(17(22)20-10-8-13-7-9-19-11-13)21-25(23,24)15-6-4-3-5-14(15)18;/h3-6,12-13,16,19,21H,7-11H2,1-2H3,(H,20,22);1H. The van der Waals surface area contributed by atoms with Crippen LogP contribution in [0.2, 0.25) is 0 Å². The number of amides is 1. The molecule has 1 aromatic carbocycles. The number of sulfonamides is 1. The second-order valence-corrected chi connectivity index (χ2v) is 8.39. The van der Waals surface area contributed by atoms with E-state index in [0.717, 1.165) is 32.0 Å². The molecule has 148 valence electrons. The summed E-state index contributed by atoms with van der Waals surface area (Å²) in [6.45, 7) is 5.93. The minimum absolute atomic E-state index is 0. The highest BCUT2D eigenvalue weighted by molar-refractivity contribution is 7.89. The van der Waals surface area contributed by atoms with Gasteiger partial charge in [-0.3, -0.25) is 4.79 Å². The van der Waals surface area contributed by atoms with E-state index in [0.29, 0.717) is 12.5 Å². The first-order valence-corrected chi connectivity index (χ1v) is 10.0. The molecule has 0 bridgehead atoms. The zero-order valence-corrected chi connectivity index (χ0v) is 16.6. The van der Waals surface area contributed by atoms with Crippen LogP contribution in [0.5, 0.6) is 0 Å². The maximum Gasteiger partial charge on any atom is 0.244 e. The van der Waals surface area contributed by atoms with Crippen LogP contribution in [0.4, 0.5) is 4.39 Å². The molecule has 1 fully saturated rings. The molecule has 26 heavy (non-hydrogen) atoms. The smallest absolute Gasteiger partial charge is 0.244 e. The average molecular weight is 408 g/mol. The van der Waals surface area contributed by atoms with Gasteiger partial charge in [-0.25, -0.2) is 12.8 Å². The van der Waals surface area contributed by atoms with Gasteiger partial charge in [0.2, 0.25) is 15.9 Å². The number of halogens is 2. The van der Waals surface area contributed by atoms with Gasteiger partial charge in [0.15, 0.2) is 0 Å². The molecule has 1 aromatic rings. The van der Waals surface area contributed by atoms with Gasteiger partial charge < -0.3 is 10.6 Å². The minimum atomic E-state index is -4.12. The van der Waals surface area contributed by atoms with E-state index in [1.807, 2.05) is 0 Å². The summed E-state index contributed by atoms with van der Waals surface area (Å²) in [6.07, 6.45) is 1.94. The largest absolute Gasteiger partial charge is 0.355 e. The highest BCUT2D eigenvalue weighted by Crippen LogP contribution is 2.16. The molecule has 6 nitrogen and oxygen atoms in total. The molecule has 1 aliphatic rings. The Bertz CT molecular complexity index is 694. The van der Waals surface area contributed by atoms with Crippen LogP contribution in [0.15, 0.2) is 29.2 Å². The third kappa shape index (κ3) is 6.19. The first-order valence-electron chi connectivity index (χ1n) is 8.56. The van der Waals surface area contributed by atoms with E-state index >= 15 is 0 Å². The van der Waals surface area contributed by atoms with Gasteiger partial charge in [0.1, 0.15) is 16.8 Å². The molecule has 1 heterocycles. The van der Waals surface area contributed by atoms with Gasteiger partial charge in [-0.2, -0.15) is 4.72 Å². The monoisotopic (exact) mass is 407 g/mol. The van der Waals surface area contributed by atoms with Gasteiger partial charge in [0.05, 0.1) is 0 Å². The normalized spacial score (nSPS) is 18.4. The summed E-state index contributed by atoms with van der Waals surface area (Å²) in [4.78, 5) is 12.0. The Kier molecular flexibility index (Phi) is 8.95. The number of rotatable bonds is 8. The molecule has 1 aliphatic heterocycles. The zero-order valence-electron chi connectivity index (χ0n) is 15.0. The summed E-state index contributed by atoms with van der Waals surface area (Å²) < 4.78 is 41.0. The van der Waals surface area contributed by atoms with Crippen molar-refractivity contribution >= 4 is 28.3 Å². The van der Waals surface area contributed by atoms with Crippen molar-refractivity contribution in [1.29, 1.82) is 0 Å². The fraction of sp³-hybridized carbons (Fsp3) is 0.588. The summed E-state index contributed by atoms with van der Waals surface area (Å²) in [5.41, 5.74) is 0. The average Bonchev–Trinajstić information content (AvgIpc) is 3.06. The predicted octanol–water partition coefficient (Wildman–Crippen LogP) is 1.67. The zero-order chi connectivity index (χ0) is 18.4. The number of hydrogen-bond donors (Lipinski definition) is 3. The van der Waals surface area contributed by atoms with E-state index in [2.05, 4.69) is 15.4 Å². The molecule has 0 spiro atoms. The molecule has 9 heteroatoms. The second kappa shape index (κ2) is 10.2. The van der Waals surface area contributed by atoms with Gasteiger partial charge in [0, 0.05) is 6.54 Å². The number of carbonyl (C=O) groups is 1. The number of hydrogen-bond acceptors (Lipinski definition) is 4. The van der Waals surface area contributed by atoms with Gasteiger partial charge in [0.25, 0.3) is 0 Å². The van der Waals surface area contributed by atoms with Crippen LogP contribution < -0.4 is 15.4 Å². The third-order valence-corrected chi connectivity index (χ3v) is 5.85. The van der Waals surface area contributed by atoms with Gasteiger partial charge in [-0.05, 0) is 49.9 Å². The lowest BCUT2D eigenvalue weighted by Crippen LogP contribution is -2.50. The number of benzene rings is 1. The van der Waals surface area contributed by atoms with Crippen molar-refractivity contribution < 1.29 is 17.6 Å². The Balaban J connectivity index is 0.00000338. The van der Waals surface area contributed by atoms with Crippen molar-refractivity contribution in [2.45, 2.75) is 37.6 Å². The van der Waals surface area contributed by atoms with E-state index in [-0.39, 0.29) is 24.2 Å². The number of carbonyl (C=O) groups excluding carboxylic acids is 1. The fourth-order valence-corrected chi connectivity index (χ4v) is 4.28. The van der Waals surface area contributed by atoms with Crippen molar-refractivity contribution in [1.82, 2.24) is 15.4 Å². The van der Waals surface area contributed by atoms with Crippen LogP contribution in [-0.4, -0.2) is 40.0 Å². The lowest BCUT2D eigenvalue weighted by Gasteiger charge is -2.22. The molecule has 0 aromatic heterocycles. The maximum absolute atomic E-state index is 13.8. The van der Waals surface area contributed by atoms with E-state index in [1.165, 1.54) is 18.2 Å². The van der Waals surface area contributed by atoms with Gasteiger partial charge in [-0.1, -0.05) is 26.0 Å². The molecule has 2 rings (SSSR count). The molecule has 1 saturated heterocycles. The fourth-order valence-electron chi connectivity index (χ4n) is 2.86. The summed E-state index contributed by atoms with van der Waals surface area (Å²) in [6, 6.07) is 4.16. The molecular weight excluding hydrogens is 381 g/mol. The van der Waals surface area contributed by atoms with Crippen LogP contribution in [0.1, 0.15) is 26.7 Å². The topological polar surface area (TPSA) is 87.3 Å². The maximum atomic E-state index is 13.8. The molecule has 2 unspecified atom stereocenters. The van der Waals surface area contributed by atoms with Crippen molar-refractivity contribution in [3.8, 4) is 0 Å². The number of nitrogens with one attached hydrogen (secondary N) is 3. The summed E-state index contributed by atoms with van der Waals surface area (Å²) in [7, 11) is -4.12. The first-order chi connectivity index (χ1) is 11.8. The van der Waals surface area contributed by atoms with Crippen molar-refractivity contribution in [3.63, 3.8) is 0 Å². The lowest BCUT2D eigenvalue weighted by molar-refractivity contribution is -0.123. The Labute approximate surface area is 160 Å². The van der Waals surface area contributed by atoms with Gasteiger partial charge in [-0.15, -0.1) is 12.4 Å². The molecule has 0 saturated carbocycles. The quantitative estimate of drug-likeness (QED) is 0.611. The lowest BCUT2D eigenvalue weighted by atomic mass is 10.0. The second-order valence-electron chi connectivity index (χ2n) is 6.71. The highest BCUT2D eigenvalue weighted by atomic mass is 35.5. The summed E-state index contributed by atoms with van der Waals surface area (Å²) >= 11 is 0. The van der Waals surface area contributed by atoms with Crippen LogP contribution in [0, 0.1) is 17.7 Å². The SMILES string of the molecule is CC(C)C(NS(=O)(=O)c1ccccc1F)C(=O)NCCC1CCNC1.Cl.